The average Bonchev–Trinajstić information content (AvgIpc) is 2.38. The first-order chi connectivity index (χ1) is 9.34. The number of anilines is 1. The van der Waals surface area contributed by atoms with Crippen LogP contribution in [0.5, 0.6) is 0 Å². The van der Waals surface area contributed by atoms with Gasteiger partial charge < -0.3 is 15.4 Å². The number of methoxy groups -OCH3 is 1. The molecule has 1 rings (SSSR count). The van der Waals surface area contributed by atoms with Crippen molar-refractivity contribution < 1.29 is 17.9 Å². The van der Waals surface area contributed by atoms with E-state index in [4.69, 9.17) is 9.88 Å². The first kappa shape index (κ1) is 16.6. The van der Waals surface area contributed by atoms with Crippen LogP contribution in [0.1, 0.15) is 6.92 Å². The molecule has 0 fully saturated rings. The molecule has 0 aliphatic rings. The molecule has 1 atom stereocenters. The number of sulfonamides is 1. The van der Waals surface area contributed by atoms with Gasteiger partial charge in [0.2, 0.25) is 15.9 Å². The Hall–Kier alpha value is -1.48. The van der Waals surface area contributed by atoms with Crippen molar-refractivity contribution in [1.82, 2.24) is 5.32 Å². The molecule has 0 saturated heterocycles. The first-order valence-electron chi connectivity index (χ1n) is 6.00. The average molecular weight is 301 g/mol. The van der Waals surface area contributed by atoms with Gasteiger partial charge in [-0.15, -0.1) is 0 Å². The van der Waals surface area contributed by atoms with Crippen molar-refractivity contribution in [3.05, 3.63) is 24.3 Å². The monoisotopic (exact) mass is 301 g/mol. The molecule has 7 nitrogen and oxygen atoms in total. The van der Waals surface area contributed by atoms with Gasteiger partial charge in [0, 0.05) is 19.3 Å². The summed E-state index contributed by atoms with van der Waals surface area (Å²) in [6, 6.07) is 5.27. The maximum atomic E-state index is 11.8. The Labute approximate surface area is 118 Å². The zero-order valence-corrected chi connectivity index (χ0v) is 12.2. The van der Waals surface area contributed by atoms with Gasteiger partial charge in [-0.25, -0.2) is 13.6 Å². The van der Waals surface area contributed by atoms with E-state index in [-0.39, 0.29) is 16.8 Å². The minimum atomic E-state index is -3.72. The molecular formula is C12H19N3O4S. The van der Waals surface area contributed by atoms with Gasteiger partial charge >= 0.3 is 0 Å². The van der Waals surface area contributed by atoms with E-state index < -0.39 is 10.0 Å². The lowest BCUT2D eigenvalue weighted by molar-refractivity contribution is -0.117. The highest BCUT2D eigenvalue weighted by Crippen LogP contribution is 2.12. The SMILES string of the molecule is COCCNC(C)C(=O)Nc1ccc(S(N)(=O)=O)cc1. The van der Waals surface area contributed by atoms with Crippen molar-refractivity contribution in [2.75, 3.05) is 25.6 Å². The lowest BCUT2D eigenvalue weighted by atomic mass is 10.2. The summed E-state index contributed by atoms with van der Waals surface area (Å²) in [6.45, 7) is 2.81. The topological polar surface area (TPSA) is 111 Å². The summed E-state index contributed by atoms with van der Waals surface area (Å²) < 4.78 is 27.1. The Balaban J connectivity index is 2.58. The fraction of sp³-hybridized carbons (Fsp3) is 0.417. The van der Waals surface area contributed by atoms with Gasteiger partial charge in [-0.05, 0) is 31.2 Å². The lowest BCUT2D eigenvalue weighted by Gasteiger charge is -2.13. The van der Waals surface area contributed by atoms with Crippen LogP contribution in [0.15, 0.2) is 29.2 Å². The summed E-state index contributed by atoms with van der Waals surface area (Å²) >= 11 is 0. The summed E-state index contributed by atoms with van der Waals surface area (Å²) in [7, 11) is -2.14. The van der Waals surface area contributed by atoms with E-state index in [1.54, 1.807) is 14.0 Å². The van der Waals surface area contributed by atoms with Crippen LogP contribution < -0.4 is 15.8 Å². The van der Waals surface area contributed by atoms with E-state index in [9.17, 15) is 13.2 Å². The molecule has 4 N–H and O–H groups in total. The van der Waals surface area contributed by atoms with Crippen LogP contribution in [-0.4, -0.2) is 40.6 Å². The van der Waals surface area contributed by atoms with Gasteiger partial charge in [0.25, 0.3) is 0 Å². The summed E-state index contributed by atoms with van der Waals surface area (Å²) in [4.78, 5) is 11.8. The van der Waals surface area contributed by atoms with E-state index in [1.807, 2.05) is 0 Å². The highest BCUT2D eigenvalue weighted by atomic mass is 32.2. The van der Waals surface area contributed by atoms with Crippen LogP contribution >= 0.6 is 0 Å². The van der Waals surface area contributed by atoms with Crippen LogP contribution in [0, 0.1) is 0 Å². The van der Waals surface area contributed by atoms with Crippen molar-refractivity contribution in [1.29, 1.82) is 0 Å². The highest BCUT2D eigenvalue weighted by Gasteiger charge is 2.12. The summed E-state index contributed by atoms with van der Waals surface area (Å²) in [5.74, 6) is -0.218. The molecule has 0 aliphatic carbocycles. The zero-order chi connectivity index (χ0) is 15.2. The van der Waals surface area contributed by atoms with Crippen LogP contribution in [0.4, 0.5) is 5.69 Å². The van der Waals surface area contributed by atoms with E-state index >= 15 is 0 Å². The first-order valence-corrected chi connectivity index (χ1v) is 7.55. The van der Waals surface area contributed by atoms with Crippen molar-refractivity contribution in [2.45, 2.75) is 17.9 Å². The molecule has 0 heterocycles. The van der Waals surface area contributed by atoms with Crippen molar-refractivity contribution in [3.8, 4) is 0 Å². The number of benzene rings is 1. The summed E-state index contributed by atoms with van der Waals surface area (Å²) in [6.07, 6.45) is 0. The summed E-state index contributed by atoms with van der Waals surface area (Å²) in [5.41, 5.74) is 0.503. The maximum absolute atomic E-state index is 11.8. The van der Waals surface area contributed by atoms with Gasteiger partial charge in [0.05, 0.1) is 17.5 Å². The van der Waals surface area contributed by atoms with Crippen LogP contribution in [0.3, 0.4) is 0 Å². The minimum Gasteiger partial charge on any atom is -0.383 e. The van der Waals surface area contributed by atoms with E-state index in [0.29, 0.717) is 18.8 Å². The summed E-state index contributed by atoms with van der Waals surface area (Å²) in [5, 5.41) is 10.6. The number of ether oxygens (including phenoxy) is 1. The lowest BCUT2D eigenvalue weighted by Crippen LogP contribution is -2.39. The fourth-order valence-corrected chi connectivity index (χ4v) is 1.96. The van der Waals surface area contributed by atoms with Crippen molar-refractivity contribution >= 4 is 21.6 Å². The normalized spacial score (nSPS) is 12.9. The van der Waals surface area contributed by atoms with Crippen molar-refractivity contribution in [2.24, 2.45) is 5.14 Å². The Morgan fingerprint density at radius 2 is 1.95 bits per heavy atom. The number of hydrogen-bond donors (Lipinski definition) is 3. The largest absolute Gasteiger partial charge is 0.383 e. The Morgan fingerprint density at radius 3 is 2.45 bits per heavy atom. The molecule has 0 radical (unpaired) electrons. The molecule has 1 amide bonds. The minimum absolute atomic E-state index is 0.00164. The molecule has 20 heavy (non-hydrogen) atoms. The number of nitrogens with two attached hydrogens (primary N) is 1. The number of primary sulfonamides is 1. The van der Waals surface area contributed by atoms with Crippen LogP contribution in [0.25, 0.3) is 0 Å². The maximum Gasteiger partial charge on any atom is 0.241 e. The van der Waals surface area contributed by atoms with E-state index in [0.717, 1.165) is 0 Å². The number of carbonyl (C=O) groups excluding carboxylic acids is 1. The number of rotatable bonds is 7. The molecule has 1 aromatic carbocycles. The molecule has 1 aromatic rings. The quantitative estimate of drug-likeness (QED) is 0.609. The van der Waals surface area contributed by atoms with E-state index in [2.05, 4.69) is 10.6 Å². The van der Waals surface area contributed by atoms with Gasteiger partial charge in [-0.3, -0.25) is 4.79 Å². The molecule has 0 bridgehead atoms. The number of carbonyl (C=O) groups is 1. The molecular weight excluding hydrogens is 282 g/mol. The molecule has 0 aliphatic heterocycles. The smallest absolute Gasteiger partial charge is 0.241 e. The Kier molecular flexibility index (Phi) is 6.08. The Morgan fingerprint density at radius 1 is 1.35 bits per heavy atom. The molecule has 112 valence electrons. The molecule has 0 aromatic heterocycles. The van der Waals surface area contributed by atoms with Crippen molar-refractivity contribution in [3.63, 3.8) is 0 Å². The highest BCUT2D eigenvalue weighted by molar-refractivity contribution is 7.89. The van der Waals surface area contributed by atoms with Gasteiger partial charge in [0.15, 0.2) is 0 Å². The third-order valence-electron chi connectivity index (χ3n) is 2.60. The standard InChI is InChI=1S/C12H19N3O4S/c1-9(14-7-8-19-2)12(16)15-10-3-5-11(6-4-10)20(13,17)18/h3-6,9,14H,7-8H2,1-2H3,(H,15,16)(H2,13,17,18). The fourth-order valence-electron chi connectivity index (χ4n) is 1.45. The number of hydrogen-bond acceptors (Lipinski definition) is 5. The predicted molar refractivity (Wildman–Crippen MR) is 75.8 cm³/mol. The predicted octanol–water partition coefficient (Wildman–Crippen LogP) is -0.103. The third kappa shape index (κ3) is 5.25. The second-order valence-electron chi connectivity index (χ2n) is 4.23. The van der Waals surface area contributed by atoms with Gasteiger partial charge in [0.1, 0.15) is 0 Å². The second-order valence-corrected chi connectivity index (χ2v) is 5.79. The van der Waals surface area contributed by atoms with E-state index in [1.165, 1.54) is 24.3 Å². The molecule has 8 heteroatoms. The zero-order valence-electron chi connectivity index (χ0n) is 11.4. The van der Waals surface area contributed by atoms with Gasteiger partial charge in [-0.1, -0.05) is 0 Å². The van der Waals surface area contributed by atoms with Gasteiger partial charge in [-0.2, -0.15) is 0 Å². The second kappa shape index (κ2) is 7.34. The number of nitrogens with one attached hydrogen (secondary N) is 2. The number of amides is 1. The van der Waals surface area contributed by atoms with Crippen LogP contribution in [0.2, 0.25) is 0 Å². The third-order valence-corrected chi connectivity index (χ3v) is 3.53. The molecule has 0 spiro atoms. The Bertz CT molecular complexity index is 542. The van der Waals surface area contributed by atoms with Crippen LogP contribution in [-0.2, 0) is 19.6 Å². The molecule has 1 unspecified atom stereocenters. The molecule has 0 saturated carbocycles.